The highest BCUT2D eigenvalue weighted by molar-refractivity contribution is 7.99. The first-order valence-corrected chi connectivity index (χ1v) is 11.1. The van der Waals surface area contributed by atoms with Gasteiger partial charge in [0.15, 0.2) is 17.5 Å². The zero-order chi connectivity index (χ0) is 23.9. The molecule has 0 bridgehead atoms. The lowest BCUT2D eigenvalue weighted by Gasteiger charge is -2.40. The molecule has 0 aliphatic carbocycles. The molecule has 0 radical (unpaired) electrons. The predicted octanol–water partition coefficient (Wildman–Crippen LogP) is 4.04. The zero-order valence-corrected chi connectivity index (χ0v) is 18.7. The van der Waals surface area contributed by atoms with Crippen molar-refractivity contribution in [3.63, 3.8) is 0 Å². The van der Waals surface area contributed by atoms with Crippen LogP contribution in [-0.2, 0) is 4.74 Å². The van der Waals surface area contributed by atoms with E-state index in [4.69, 9.17) is 20.8 Å². The summed E-state index contributed by atoms with van der Waals surface area (Å²) in [5.41, 5.74) is -0.167. The fourth-order valence-corrected chi connectivity index (χ4v) is 4.89. The molecule has 0 spiro atoms. The molecular formula is C22H19ClF3NO5S. The Morgan fingerprint density at radius 3 is 2.42 bits per heavy atom. The third-order valence-electron chi connectivity index (χ3n) is 5.37. The van der Waals surface area contributed by atoms with Crippen LogP contribution in [0.25, 0.3) is 11.3 Å². The highest BCUT2D eigenvalue weighted by Crippen LogP contribution is 2.41. The maximum Gasteiger partial charge on any atom is 0.203 e. The lowest BCUT2D eigenvalue weighted by atomic mass is 9.89. The van der Waals surface area contributed by atoms with Gasteiger partial charge in [0.05, 0.1) is 18.6 Å². The van der Waals surface area contributed by atoms with Gasteiger partial charge >= 0.3 is 0 Å². The van der Waals surface area contributed by atoms with Crippen LogP contribution in [0, 0.1) is 24.4 Å². The number of benzene rings is 2. The molecule has 11 heteroatoms. The van der Waals surface area contributed by atoms with Gasteiger partial charge in [-0.25, -0.2) is 18.2 Å². The van der Waals surface area contributed by atoms with Crippen molar-refractivity contribution in [1.82, 2.24) is 4.98 Å². The van der Waals surface area contributed by atoms with E-state index in [0.29, 0.717) is 9.92 Å². The van der Waals surface area contributed by atoms with Crippen LogP contribution in [0.15, 0.2) is 45.9 Å². The number of aliphatic hydroxyl groups is 3. The smallest absolute Gasteiger partial charge is 0.203 e. The Hall–Kier alpha value is -2.08. The molecule has 0 saturated carbocycles. The maximum absolute atomic E-state index is 13.6. The molecular weight excluding hydrogens is 483 g/mol. The third-order valence-corrected chi connectivity index (χ3v) is 6.92. The second-order valence-electron chi connectivity index (χ2n) is 7.59. The average molecular weight is 502 g/mol. The molecule has 4 rings (SSSR count). The normalized spacial score (nSPS) is 25.4. The fraction of sp³-hybridized carbons (Fsp3) is 0.318. The lowest BCUT2D eigenvalue weighted by Crippen LogP contribution is -2.53. The molecule has 1 saturated heterocycles. The van der Waals surface area contributed by atoms with Gasteiger partial charge in [-0.05, 0) is 36.8 Å². The van der Waals surface area contributed by atoms with Gasteiger partial charge in [0, 0.05) is 15.5 Å². The molecule has 2 aromatic carbocycles. The summed E-state index contributed by atoms with van der Waals surface area (Å²) in [4.78, 5) is 4.83. The molecule has 0 amide bonds. The third kappa shape index (κ3) is 4.77. The van der Waals surface area contributed by atoms with Gasteiger partial charge in [-0.2, -0.15) is 0 Å². The first kappa shape index (κ1) is 24.1. The quantitative estimate of drug-likeness (QED) is 0.454. The topological polar surface area (TPSA) is 96.0 Å². The van der Waals surface area contributed by atoms with Crippen LogP contribution >= 0.6 is 23.4 Å². The van der Waals surface area contributed by atoms with Crippen LogP contribution in [0.5, 0.6) is 0 Å². The van der Waals surface area contributed by atoms with Gasteiger partial charge in [-0.3, -0.25) is 0 Å². The molecule has 1 aromatic heterocycles. The van der Waals surface area contributed by atoms with Crippen LogP contribution in [0.3, 0.4) is 0 Å². The van der Waals surface area contributed by atoms with Crippen molar-refractivity contribution in [2.45, 2.75) is 41.5 Å². The second-order valence-corrected chi connectivity index (χ2v) is 9.17. The van der Waals surface area contributed by atoms with E-state index in [2.05, 4.69) is 4.98 Å². The van der Waals surface area contributed by atoms with E-state index in [1.807, 2.05) is 6.92 Å². The van der Waals surface area contributed by atoms with Crippen molar-refractivity contribution < 1.29 is 37.6 Å². The summed E-state index contributed by atoms with van der Waals surface area (Å²) in [6.07, 6.45) is -2.71. The molecule has 1 fully saturated rings. The number of ether oxygens (including phenoxy) is 1. The van der Waals surface area contributed by atoms with Gasteiger partial charge in [-0.1, -0.05) is 29.4 Å². The molecule has 2 heterocycles. The molecule has 6 nitrogen and oxygen atoms in total. The first-order valence-electron chi connectivity index (χ1n) is 9.85. The van der Waals surface area contributed by atoms with Crippen LogP contribution in [-0.4, -0.2) is 50.7 Å². The van der Waals surface area contributed by atoms with Gasteiger partial charge in [0.2, 0.25) is 5.89 Å². The minimum atomic E-state index is -1.61. The molecule has 3 N–H and O–H groups in total. The molecule has 1 aliphatic heterocycles. The SMILES string of the molecule is Cc1ccc(S[C@H]2OC(CO)[C@H](O)[C@H](c3nc(-c4cc(F)c(F)c(F)c4)co3)C2O)cc1Cl. The number of aryl methyl sites for hydroxylation is 1. The van der Waals surface area contributed by atoms with Crippen LogP contribution in [0.1, 0.15) is 17.4 Å². The van der Waals surface area contributed by atoms with Gasteiger partial charge in [0.1, 0.15) is 29.6 Å². The summed E-state index contributed by atoms with van der Waals surface area (Å²) >= 11 is 7.30. The minimum absolute atomic E-state index is 0.0243. The Bertz CT molecular complexity index is 1140. The largest absolute Gasteiger partial charge is 0.448 e. The number of aromatic nitrogens is 1. The monoisotopic (exact) mass is 501 g/mol. The number of halogens is 4. The Labute approximate surface area is 196 Å². The van der Waals surface area contributed by atoms with Crippen molar-refractivity contribution in [1.29, 1.82) is 0 Å². The Morgan fingerprint density at radius 2 is 1.79 bits per heavy atom. The number of thioether (sulfide) groups is 1. The van der Waals surface area contributed by atoms with Crippen molar-refractivity contribution in [2.75, 3.05) is 6.61 Å². The number of hydrogen-bond donors (Lipinski definition) is 3. The van der Waals surface area contributed by atoms with Crippen LogP contribution in [0.2, 0.25) is 5.02 Å². The highest BCUT2D eigenvalue weighted by atomic mass is 35.5. The highest BCUT2D eigenvalue weighted by Gasteiger charge is 2.47. The van der Waals surface area contributed by atoms with Crippen LogP contribution < -0.4 is 0 Å². The van der Waals surface area contributed by atoms with Crippen molar-refractivity contribution in [3.05, 3.63) is 70.5 Å². The number of oxazole rings is 1. The Balaban J connectivity index is 1.63. The maximum atomic E-state index is 13.6. The van der Waals surface area contributed by atoms with Crippen molar-refractivity contribution in [2.24, 2.45) is 0 Å². The summed E-state index contributed by atoms with van der Waals surface area (Å²) < 4.78 is 51.6. The van der Waals surface area contributed by atoms with Crippen molar-refractivity contribution >= 4 is 23.4 Å². The molecule has 33 heavy (non-hydrogen) atoms. The summed E-state index contributed by atoms with van der Waals surface area (Å²) in [5, 5.41) is 31.8. The number of aliphatic hydroxyl groups excluding tert-OH is 3. The second kappa shape index (κ2) is 9.65. The Kier molecular flexibility index (Phi) is 7.04. The molecule has 5 atom stereocenters. The van der Waals surface area contributed by atoms with E-state index >= 15 is 0 Å². The van der Waals surface area contributed by atoms with Gasteiger partial charge in [0.25, 0.3) is 0 Å². The minimum Gasteiger partial charge on any atom is -0.448 e. The van der Waals surface area contributed by atoms with E-state index in [1.54, 1.807) is 18.2 Å². The van der Waals surface area contributed by atoms with Gasteiger partial charge in [-0.15, -0.1) is 0 Å². The predicted molar refractivity (Wildman–Crippen MR) is 114 cm³/mol. The summed E-state index contributed by atoms with van der Waals surface area (Å²) in [6.45, 7) is 1.30. The van der Waals surface area contributed by atoms with E-state index in [1.165, 1.54) is 0 Å². The molecule has 2 unspecified atom stereocenters. The number of hydrogen-bond acceptors (Lipinski definition) is 7. The van der Waals surface area contributed by atoms with Crippen LogP contribution in [0.4, 0.5) is 13.2 Å². The number of nitrogens with zero attached hydrogens (tertiary/aromatic N) is 1. The summed E-state index contributed by atoms with van der Waals surface area (Å²) in [6, 6.07) is 6.81. The molecule has 3 aromatic rings. The van der Waals surface area contributed by atoms with Crippen molar-refractivity contribution in [3.8, 4) is 11.3 Å². The molecule has 176 valence electrons. The van der Waals surface area contributed by atoms with Gasteiger partial charge < -0.3 is 24.5 Å². The summed E-state index contributed by atoms with van der Waals surface area (Å²) in [5.74, 6) is -5.66. The average Bonchev–Trinajstić information content (AvgIpc) is 3.26. The zero-order valence-electron chi connectivity index (χ0n) is 17.1. The van der Waals surface area contributed by atoms with E-state index in [9.17, 15) is 28.5 Å². The lowest BCUT2D eigenvalue weighted by molar-refractivity contribution is -0.166. The standard InChI is InChI=1S/C22H19ClF3NO5S/c1-9-2-3-11(6-12(9)23)33-22-20(30)17(19(29)16(7-28)32-22)21-27-15(8-31-21)10-4-13(24)18(26)14(25)5-10/h2-6,8,16-17,19-20,22,28-30H,7H2,1H3/t16?,17-,19-,20?,22+/m0/s1. The number of rotatable bonds is 5. The fourth-order valence-electron chi connectivity index (χ4n) is 3.53. The Morgan fingerprint density at radius 1 is 1.09 bits per heavy atom. The first-order chi connectivity index (χ1) is 15.7. The summed E-state index contributed by atoms with van der Waals surface area (Å²) in [7, 11) is 0. The van der Waals surface area contributed by atoms with E-state index < -0.39 is 53.7 Å². The van der Waals surface area contributed by atoms with E-state index in [-0.39, 0.29) is 17.1 Å². The van der Waals surface area contributed by atoms with E-state index in [0.717, 1.165) is 35.7 Å². The molecule has 1 aliphatic rings.